The summed E-state index contributed by atoms with van der Waals surface area (Å²) < 4.78 is 0. The minimum Gasteiger partial charge on any atom is -0.345 e. The van der Waals surface area contributed by atoms with Crippen molar-refractivity contribution in [1.82, 2.24) is 9.88 Å². The standard InChI is InChI=1S/C21H26N2O/c1-16-3-5-18(6-4-16)20(19-7-8-19)15-21(24)23(2)14-11-17-9-12-22-13-10-17/h3-6,9-10,12-13,19-20H,7-8,11,14-15H2,1-2H3. The minimum atomic E-state index is 0.251. The predicted molar refractivity (Wildman–Crippen MR) is 96.8 cm³/mol. The van der Waals surface area contributed by atoms with E-state index < -0.39 is 0 Å². The van der Waals surface area contributed by atoms with Gasteiger partial charge in [-0.25, -0.2) is 0 Å². The van der Waals surface area contributed by atoms with Crippen molar-refractivity contribution in [2.24, 2.45) is 5.92 Å². The Morgan fingerprint density at radius 2 is 1.83 bits per heavy atom. The molecule has 3 nitrogen and oxygen atoms in total. The summed E-state index contributed by atoms with van der Waals surface area (Å²) in [6, 6.07) is 12.7. The molecule has 2 aromatic rings. The number of amides is 1. The van der Waals surface area contributed by atoms with Gasteiger partial charge in [-0.05, 0) is 61.3 Å². The quantitative estimate of drug-likeness (QED) is 0.772. The molecule has 0 aliphatic heterocycles. The highest BCUT2D eigenvalue weighted by Crippen LogP contribution is 2.44. The van der Waals surface area contributed by atoms with Crippen LogP contribution in [0.2, 0.25) is 0 Å². The fraction of sp³-hybridized carbons (Fsp3) is 0.429. The summed E-state index contributed by atoms with van der Waals surface area (Å²) in [4.78, 5) is 18.6. The summed E-state index contributed by atoms with van der Waals surface area (Å²) in [5.41, 5.74) is 3.81. The van der Waals surface area contributed by atoms with Crippen molar-refractivity contribution >= 4 is 5.91 Å². The van der Waals surface area contributed by atoms with Gasteiger partial charge in [0, 0.05) is 32.4 Å². The number of carbonyl (C=O) groups is 1. The molecular formula is C21H26N2O. The van der Waals surface area contributed by atoms with Gasteiger partial charge in [0.25, 0.3) is 0 Å². The number of rotatable bonds is 7. The van der Waals surface area contributed by atoms with Crippen molar-refractivity contribution in [1.29, 1.82) is 0 Å². The van der Waals surface area contributed by atoms with Gasteiger partial charge < -0.3 is 4.90 Å². The smallest absolute Gasteiger partial charge is 0.222 e. The number of aromatic nitrogens is 1. The average Bonchev–Trinajstić information content (AvgIpc) is 3.44. The van der Waals surface area contributed by atoms with E-state index in [9.17, 15) is 4.79 Å². The fourth-order valence-corrected chi connectivity index (χ4v) is 3.18. The van der Waals surface area contributed by atoms with Crippen LogP contribution in [0.5, 0.6) is 0 Å². The van der Waals surface area contributed by atoms with E-state index in [0.29, 0.717) is 18.3 Å². The van der Waals surface area contributed by atoms with Crippen LogP contribution in [0.1, 0.15) is 41.9 Å². The second kappa shape index (κ2) is 7.61. The molecule has 24 heavy (non-hydrogen) atoms. The lowest BCUT2D eigenvalue weighted by atomic mass is 9.90. The Hall–Kier alpha value is -2.16. The van der Waals surface area contributed by atoms with Crippen molar-refractivity contribution in [2.45, 2.75) is 38.5 Å². The molecule has 0 saturated heterocycles. The summed E-state index contributed by atoms with van der Waals surface area (Å²) in [6.45, 7) is 2.86. The third-order valence-corrected chi connectivity index (χ3v) is 5.00. The van der Waals surface area contributed by atoms with Crippen molar-refractivity contribution < 1.29 is 4.79 Å². The second-order valence-corrected chi connectivity index (χ2v) is 6.98. The third-order valence-electron chi connectivity index (χ3n) is 5.00. The lowest BCUT2D eigenvalue weighted by Gasteiger charge is -2.22. The Bertz CT molecular complexity index is 662. The van der Waals surface area contributed by atoms with E-state index in [-0.39, 0.29) is 5.91 Å². The van der Waals surface area contributed by atoms with Crippen LogP contribution < -0.4 is 0 Å². The highest BCUT2D eigenvalue weighted by Gasteiger charge is 2.34. The predicted octanol–water partition coefficient (Wildman–Crippen LogP) is 3.97. The van der Waals surface area contributed by atoms with Gasteiger partial charge >= 0.3 is 0 Å². The number of pyridine rings is 1. The first kappa shape index (κ1) is 16.7. The zero-order valence-corrected chi connectivity index (χ0v) is 14.6. The largest absolute Gasteiger partial charge is 0.345 e. The topological polar surface area (TPSA) is 33.2 Å². The maximum atomic E-state index is 12.7. The molecular weight excluding hydrogens is 296 g/mol. The van der Waals surface area contributed by atoms with Gasteiger partial charge in [0.1, 0.15) is 0 Å². The van der Waals surface area contributed by atoms with Crippen molar-refractivity contribution in [3.8, 4) is 0 Å². The molecule has 0 spiro atoms. The number of aryl methyl sites for hydroxylation is 1. The first-order chi connectivity index (χ1) is 11.6. The molecule has 3 heteroatoms. The molecule has 0 radical (unpaired) electrons. The van der Waals surface area contributed by atoms with Crippen LogP contribution in [-0.4, -0.2) is 29.4 Å². The summed E-state index contributed by atoms with van der Waals surface area (Å²) in [6.07, 6.45) is 7.62. The number of carbonyl (C=O) groups excluding carboxylic acids is 1. The lowest BCUT2D eigenvalue weighted by molar-refractivity contribution is -0.130. The van der Waals surface area contributed by atoms with E-state index in [0.717, 1.165) is 13.0 Å². The molecule has 1 aromatic heterocycles. The number of benzene rings is 1. The van der Waals surface area contributed by atoms with Crippen LogP contribution in [-0.2, 0) is 11.2 Å². The van der Waals surface area contributed by atoms with E-state index in [4.69, 9.17) is 0 Å². The lowest BCUT2D eigenvalue weighted by Crippen LogP contribution is -2.30. The number of likely N-dealkylation sites (N-methyl/N-ethyl adjacent to an activating group) is 1. The molecule has 1 saturated carbocycles. The zero-order chi connectivity index (χ0) is 16.9. The maximum absolute atomic E-state index is 12.7. The summed E-state index contributed by atoms with van der Waals surface area (Å²) in [7, 11) is 1.92. The third kappa shape index (κ3) is 4.44. The fourth-order valence-electron chi connectivity index (χ4n) is 3.18. The molecule has 1 unspecified atom stereocenters. The zero-order valence-electron chi connectivity index (χ0n) is 14.6. The van der Waals surface area contributed by atoms with Gasteiger partial charge in [0.2, 0.25) is 5.91 Å². The molecule has 1 fully saturated rings. The molecule has 0 N–H and O–H groups in total. The van der Waals surface area contributed by atoms with Crippen molar-refractivity contribution in [3.05, 3.63) is 65.5 Å². The molecule has 1 amide bonds. The Morgan fingerprint density at radius 3 is 2.46 bits per heavy atom. The van der Waals surface area contributed by atoms with Crippen LogP contribution in [0.25, 0.3) is 0 Å². The van der Waals surface area contributed by atoms with E-state index in [1.54, 1.807) is 12.4 Å². The minimum absolute atomic E-state index is 0.251. The maximum Gasteiger partial charge on any atom is 0.222 e. The molecule has 1 heterocycles. The van der Waals surface area contributed by atoms with Gasteiger partial charge in [0.15, 0.2) is 0 Å². The SMILES string of the molecule is Cc1ccc(C(CC(=O)N(C)CCc2ccncc2)C2CC2)cc1. The Labute approximate surface area is 144 Å². The van der Waals surface area contributed by atoms with Crippen molar-refractivity contribution in [3.63, 3.8) is 0 Å². The van der Waals surface area contributed by atoms with Gasteiger partial charge in [0.05, 0.1) is 0 Å². The summed E-state index contributed by atoms with van der Waals surface area (Å²) in [5.74, 6) is 1.31. The Morgan fingerprint density at radius 1 is 1.17 bits per heavy atom. The Balaban J connectivity index is 1.58. The average molecular weight is 322 g/mol. The number of hydrogen-bond acceptors (Lipinski definition) is 2. The van der Waals surface area contributed by atoms with Crippen molar-refractivity contribution in [2.75, 3.05) is 13.6 Å². The highest BCUT2D eigenvalue weighted by atomic mass is 16.2. The van der Waals surface area contributed by atoms with Gasteiger partial charge in [-0.2, -0.15) is 0 Å². The van der Waals surface area contributed by atoms with Gasteiger partial charge in [-0.1, -0.05) is 29.8 Å². The van der Waals surface area contributed by atoms with Crippen LogP contribution in [0.4, 0.5) is 0 Å². The highest BCUT2D eigenvalue weighted by molar-refractivity contribution is 5.77. The molecule has 126 valence electrons. The molecule has 1 aliphatic carbocycles. The van der Waals surface area contributed by atoms with E-state index in [1.807, 2.05) is 24.1 Å². The van der Waals surface area contributed by atoms with Crippen LogP contribution in [0.15, 0.2) is 48.8 Å². The number of hydrogen-bond donors (Lipinski definition) is 0. The van der Waals surface area contributed by atoms with E-state index >= 15 is 0 Å². The molecule has 0 bridgehead atoms. The van der Waals surface area contributed by atoms with Crippen LogP contribution >= 0.6 is 0 Å². The van der Waals surface area contributed by atoms with Gasteiger partial charge in [-0.3, -0.25) is 9.78 Å². The summed E-state index contributed by atoms with van der Waals surface area (Å²) >= 11 is 0. The normalized spacial score (nSPS) is 15.1. The molecule has 1 aliphatic rings. The monoisotopic (exact) mass is 322 g/mol. The molecule has 1 atom stereocenters. The molecule has 1 aromatic carbocycles. The molecule has 3 rings (SSSR count). The van der Waals surface area contributed by atoms with Crippen LogP contribution in [0.3, 0.4) is 0 Å². The Kier molecular flexibility index (Phi) is 5.29. The second-order valence-electron chi connectivity index (χ2n) is 6.98. The summed E-state index contributed by atoms with van der Waals surface area (Å²) in [5, 5.41) is 0. The van der Waals surface area contributed by atoms with E-state index in [1.165, 1.54) is 29.5 Å². The van der Waals surface area contributed by atoms with E-state index in [2.05, 4.69) is 36.2 Å². The van der Waals surface area contributed by atoms with Gasteiger partial charge in [-0.15, -0.1) is 0 Å². The van der Waals surface area contributed by atoms with Crippen LogP contribution in [0, 0.1) is 12.8 Å². The first-order valence-electron chi connectivity index (χ1n) is 8.83. The first-order valence-corrected chi connectivity index (χ1v) is 8.83. The number of nitrogens with zero attached hydrogens (tertiary/aromatic N) is 2.